The number of ether oxygens (including phenoxy) is 2. The first-order chi connectivity index (χ1) is 24.3. The highest BCUT2D eigenvalue weighted by Gasteiger charge is 2.35. The van der Waals surface area contributed by atoms with Gasteiger partial charge in [0.2, 0.25) is 5.91 Å². The quantitative estimate of drug-likeness (QED) is 0.0767. The van der Waals surface area contributed by atoms with Crippen molar-refractivity contribution in [2.75, 3.05) is 37.0 Å². The maximum atomic E-state index is 13.8. The number of amides is 2. The summed E-state index contributed by atoms with van der Waals surface area (Å²) in [7, 11) is 1.82. The van der Waals surface area contributed by atoms with Crippen LogP contribution in [0.5, 0.6) is 0 Å². The topological polar surface area (TPSA) is 130 Å². The van der Waals surface area contributed by atoms with E-state index in [9.17, 15) is 19.2 Å². The van der Waals surface area contributed by atoms with Crippen molar-refractivity contribution in [1.29, 1.82) is 0 Å². The lowest BCUT2D eigenvalue weighted by Gasteiger charge is -2.29. The van der Waals surface area contributed by atoms with Crippen LogP contribution in [0.3, 0.4) is 0 Å². The van der Waals surface area contributed by atoms with Gasteiger partial charge in [0.05, 0.1) is 25.8 Å². The Bertz CT molecular complexity index is 1800. The summed E-state index contributed by atoms with van der Waals surface area (Å²) in [4.78, 5) is 54.9. The van der Waals surface area contributed by atoms with Crippen LogP contribution in [0.4, 0.5) is 16.2 Å². The van der Waals surface area contributed by atoms with E-state index in [1.54, 1.807) is 36.1 Å². The number of carbonyl (C=O) groups is 4. The second kappa shape index (κ2) is 17.4. The predicted octanol–water partition coefficient (Wildman–Crippen LogP) is 5.58. The van der Waals surface area contributed by atoms with E-state index in [0.717, 1.165) is 28.1 Å². The van der Waals surface area contributed by atoms with Crippen LogP contribution in [-0.4, -0.2) is 67.7 Å². The zero-order valence-corrected chi connectivity index (χ0v) is 28.2. The Kier molecular flexibility index (Phi) is 12.3. The number of esters is 1. The molecular weight excluding hydrogens is 634 g/mol. The SMILES string of the molecule is CCOC(=O)CC1C(=O)N(CCc2ccccc2)Cc2cc(NCC(=O)c3ccc(C=NNC(=O)OCc4ccccc4)cc3)ccc2N1C. The summed E-state index contributed by atoms with van der Waals surface area (Å²) in [6.07, 6.45) is 1.41. The normalized spacial score (nSPS) is 14.1. The number of ketones is 1. The average Bonchev–Trinajstić information content (AvgIpc) is 3.23. The summed E-state index contributed by atoms with van der Waals surface area (Å²) < 4.78 is 10.3. The standard InChI is InChI=1S/C39H41N5O6/c1-3-49-37(46)23-35-38(47)44(21-20-28-10-6-4-7-11-28)26-32-22-33(18-19-34(32)43(35)2)40-25-36(45)31-16-14-29(15-17-31)24-41-42-39(48)50-27-30-12-8-5-9-13-30/h4-19,22,24,35,40H,3,20-21,23,25-27H2,1-2H3,(H,42,48). The molecule has 0 aliphatic carbocycles. The molecule has 0 fully saturated rings. The number of anilines is 2. The minimum atomic E-state index is -0.705. The molecule has 1 heterocycles. The number of rotatable bonds is 14. The van der Waals surface area contributed by atoms with Gasteiger partial charge < -0.3 is 24.6 Å². The van der Waals surface area contributed by atoms with Gasteiger partial charge in [0.25, 0.3) is 0 Å². The van der Waals surface area contributed by atoms with Crippen LogP contribution in [0, 0.1) is 0 Å². The Morgan fingerprint density at radius 3 is 2.30 bits per heavy atom. The molecule has 0 aromatic heterocycles. The van der Waals surface area contributed by atoms with Crippen molar-refractivity contribution >= 4 is 41.3 Å². The molecule has 4 aromatic rings. The van der Waals surface area contributed by atoms with E-state index in [0.29, 0.717) is 30.6 Å². The lowest BCUT2D eigenvalue weighted by atomic mass is 10.1. The summed E-state index contributed by atoms with van der Waals surface area (Å²) in [5, 5.41) is 7.14. The maximum absolute atomic E-state index is 13.8. The summed E-state index contributed by atoms with van der Waals surface area (Å²) in [5.74, 6) is -0.667. The molecule has 0 spiro atoms. The van der Waals surface area contributed by atoms with E-state index in [1.807, 2.05) is 90.8 Å². The molecule has 5 rings (SSSR count). The number of carbonyl (C=O) groups excluding carboxylic acids is 4. The van der Waals surface area contributed by atoms with Gasteiger partial charge in [-0.05, 0) is 53.8 Å². The van der Waals surface area contributed by atoms with Crippen molar-refractivity contribution in [3.8, 4) is 0 Å². The fourth-order valence-corrected chi connectivity index (χ4v) is 5.65. The molecule has 50 heavy (non-hydrogen) atoms. The number of nitrogens with zero attached hydrogens (tertiary/aromatic N) is 3. The summed E-state index contributed by atoms with van der Waals surface area (Å²) in [6, 6.07) is 31.2. The monoisotopic (exact) mass is 675 g/mol. The molecule has 2 N–H and O–H groups in total. The number of hydrazone groups is 1. The molecule has 11 heteroatoms. The van der Waals surface area contributed by atoms with Gasteiger partial charge in [-0.25, -0.2) is 10.2 Å². The van der Waals surface area contributed by atoms with Crippen molar-refractivity contribution in [3.63, 3.8) is 0 Å². The predicted molar refractivity (Wildman–Crippen MR) is 192 cm³/mol. The summed E-state index contributed by atoms with van der Waals surface area (Å²) >= 11 is 0. The van der Waals surface area contributed by atoms with Gasteiger partial charge in [0.1, 0.15) is 12.6 Å². The molecule has 1 aliphatic rings. The molecule has 1 atom stereocenters. The molecule has 1 aliphatic heterocycles. The molecule has 0 saturated heterocycles. The lowest BCUT2D eigenvalue weighted by Crippen LogP contribution is -2.46. The number of benzene rings is 4. The van der Waals surface area contributed by atoms with Crippen molar-refractivity contribution in [2.45, 2.75) is 39.0 Å². The van der Waals surface area contributed by atoms with Crippen LogP contribution in [0.15, 0.2) is 108 Å². The van der Waals surface area contributed by atoms with Gasteiger partial charge in [-0.3, -0.25) is 14.4 Å². The molecule has 258 valence electrons. The molecule has 4 aromatic carbocycles. The van der Waals surface area contributed by atoms with E-state index < -0.39 is 18.1 Å². The minimum absolute atomic E-state index is 0.0542. The highest BCUT2D eigenvalue weighted by Crippen LogP contribution is 2.31. The Labute approximate surface area is 291 Å². The zero-order chi connectivity index (χ0) is 35.3. The highest BCUT2D eigenvalue weighted by molar-refractivity contribution is 5.99. The molecular formula is C39H41N5O6. The smallest absolute Gasteiger partial charge is 0.428 e. The van der Waals surface area contributed by atoms with Crippen LogP contribution >= 0.6 is 0 Å². The van der Waals surface area contributed by atoms with Gasteiger partial charge >= 0.3 is 12.1 Å². The Morgan fingerprint density at radius 2 is 1.60 bits per heavy atom. The van der Waals surface area contributed by atoms with E-state index in [4.69, 9.17) is 9.47 Å². The first kappa shape index (κ1) is 35.3. The Morgan fingerprint density at radius 1 is 0.900 bits per heavy atom. The number of nitrogens with one attached hydrogen (secondary N) is 2. The fourth-order valence-electron chi connectivity index (χ4n) is 5.65. The first-order valence-corrected chi connectivity index (χ1v) is 16.5. The van der Waals surface area contributed by atoms with E-state index in [1.165, 1.54) is 6.21 Å². The third-order valence-electron chi connectivity index (χ3n) is 8.33. The van der Waals surface area contributed by atoms with Gasteiger partial charge in [-0.2, -0.15) is 5.10 Å². The first-order valence-electron chi connectivity index (χ1n) is 16.5. The zero-order valence-electron chi connectivity index (χ0n) is 28.2. The molecule has 0 saturated carbocycles. The Balaban J connectivity index is 1.19. The largest absolute Gasteiger partial charge is 0.466 e. The van der Waals surface area contributed by atoms with Gasteiger partial charge in [-0.15, -0.1) is 0 Å². The van der Waals surface area contributed by atoms with Crippen LogP contribution in [-0.2, 0) is 38.6 Å². The fraction of sp³-hybridized carbons (Fsp3) is 0.256. The van der Waals surface area contributed by atoms with Crippen LogP contribution in [0.1, 0.15) is 46.0 Å². The summed E-state index contributed by atoms with van der Waals surface area (Å²) in [6.45, 7) is 3.03. The van der Waals surface area contributed by atoms with Crippen LogP contribution in [0.25, 0.3) is 0 Å². The molecule has 0 radical (unpaired) electrons. The van der Waals surface area contributed by atoms with Gasteiger partial charge in [-0.1, -0.05) is 84.9 Å². The Hall–Kier alpha value is -5.97. The van der Waals surface area contributed by atoms with Crippen molar-refractivity contribution < 1.29 is 28.7 Å². The van der Waals surface area contributed by atoms with E-state index >= 15 is 0 Å². The van der Waals surface area contributed by atoms with Crippen molar-refractivity contribution in [2.24, 2.45) is 5.10 Å². The maximum Gasteiger partial charge on any atom is 0.428 e. The molecule has 11 nitrogen and oxygen atoms in total. The van der Waals surface area contributed by atoms with Crippen LogP contribution in [0.2, 0.25) is 0 Å². The van der Waals surface area contributed by atoms with E-state index in [-0.39, 0.29) is 37.9 Å². The number of hydrogen-bond acceptors (Lipinski definition) is 9. The number of hydrogen-bond donors (Lipinski definition) is 2. The van der Waals surface area contributed by atoms with Crippen molar-refractivity contribution in [3.05, 3.63) is 131 Å². The van der Waals surface area contributed by atoms with Crippen molar-refractivity contribution in [1.82, 2.24) is 10.3 Å². The van der Waals surface area contributed by atoms with E-state index in [2.05, 4.69) is 15.8 Å². The second-order valence-electron chi connectivity index (χ2n) is 11.8. The minimum Gasteiger partial charge on any atom is -0.466 e. The summed E-state index contributed by atoms with van der Waals surface area (Å²) in [5.41, 5.74) is 7.99. The molecule has 0 bridgehead atoms. The number of fused-ring (bicyclic) bond motifs is 1. The average molecular weight is 676 g/mol. The molecule has 1 unspecified atom stereocenters. The van der Waals surface area contributed by atoms with Gasteiger partial charge in [0.15, 0.2) is 5.78 Å². The lowest BCUT2D eigenvalue weighted by molar-refractivity contribution is -0.146. The van der Waals surface area contributed by atoms with Gasteiger partial charge in [0, 0.05) is 37.1 Å². The third-order valence-corrected chi connectivity index (χ3v) is 8.33. The third kappa shape index (κ3) is 9.79. The number of Topliss-reactive ketones (excluding diaryl/α,β-unsaturated/α-hetero) is 1. The second-order valence-corrected chi connectivity index (χ2v) is 11.8. The highest BCUT2D eigenvalue weighted by atomic mass is 16.6. The number of likely N-dealkylation sites (N-methyl/N-ethyl adjacent to an activating group) is 1. The van der Waals surface area contributed by atoms with Crippen LogP contribution < -0.4 is 15.6 Å². The molecule has 2 amide bonds.